The third-order valence-corrected chi connectivity index (χ3v) is 6.00. The van der Waals surface area contributed by atoms with E-state index in [0.717, 1.165) is 54.9 Å². The second-order valence-corrected chi connectivity index (χ2v) is 7.99. The van der Waals surface area contributed by atoms with Gasteiger partial charge in [0.15, 0.2) is 5.96 Å². The normalized spacial score (nSPS) is 20.5. The van der Waals surface area contributed by atoms with Crippen LogP contribution in [0, 0.1) is 0 Å². The van der Waals surface area contributed by atoms with Crippen molar-refractivity contribution < 1.29 is 9.47 Å². The summed E-state index contributed by atoms with van der Waals surface area (Å²) in [5.74, 6) is 1.79. The Morgan fingerprint density at radius 3 is 2.70 bits per heavy atom. The minimum atomic E-state index is -0.119. The average Bonchev–Trinajstić information content (AvgIpc) is 3.20. The van der Waals surface area contributed by atoms with E-state index in [1.54, 1.807) is 7.11 Å². The highest BCUT2D eigenvalue weighted by Crippen LogP contribution is 2.41. The topological polar surface area (TPSA) is 54.9 Å². The molecular weight excluding hydrogens is 362 g/mol. The molecule has 0 amide bonds. The summed E-state index contributed by atoms with van der Waals surface area (Å²) >= 11 is 6.33. The number of nitrogens with zero attached hydrogens (tertiary/aromatic N) is 1. The Bertz CT molecular complexity index is 638. The lowest BCUT2D eigenvalue weighted by Crippen LogP contribution is -2.44. The molecule has 1 aliphatic heterocycles. The molecule has 2 N–H and O–H groups in total. The Balaban J connectivity index is 1.86. The van der Waals surface area contributed by atoms with E-state index in [9.17, 15) is 0 Å². The molecule has 2 aliphatic rings. The summed E-state index contributed by atoms with van der Waals surface area (Å²) in [6.07, 6.45) is 6.89. The zero-order chi connectivity index (χ0) is 19.1. The van der Waals surface area contributed by atoms with Crippen LogP contribution in [0.15, 0.2) is 23.2 Å². The third kappa shape index (κ3) is 5.08. The summed E-state index contributed by atoms with van der Waals surface area (Å²) in [6.45, 7) is 5.12. The van der Waals surface area contributed by atoms with Gasteiger partial charge in [0.25, 0.3) is 0 Å². The highest BCUT2D eigenvalue weighted by atomic mass is 35.5. The van der Waals surface area contributed by atoms with Gasteiger partial charge in [-0.25, -0.2) is 0 Å². The van der Waals surface area contributed by atoms with E-state index in [-0.39, 0.29) is 5.41 Å². The molecule has 3 rings (SSSR count). The van der Waals surface area contributed by atoms with Crippen LogP contribution in [-0.2, 0) is 10.2 Å². The second kappa shape index (κ2) is 9.65. The minimum Gasteiger partial charge on any atom is -0.496 e. The SMILES string of the molecule is CCNC(=NCC1(c2cc(Cl)ccc2OC)CCOCC1)NC1CCCC1. The van der Waals surface area contributed by atoms with Crippen LogP contribution < -0.4 is 15.4 Å². The fourth-order valence-electron chi connectivity index (χ4n) is 4.18. The molecule has 0 bridgehead atoms. The van der Waals surface area contributed by atoms with Crippen molar-refractivity contribution in [3.8, 4) is 5.75 Å². The number of ether oxygens (including phenoxy) is 2. The van der Waals surface area contributed by atoms with E-state index in [1.807, 2.05) is 18.2 Å². The predicted molar refractivity (Wildman–Crippen MR) is 111 cm³/mol. The van der Waals surface area contributed by atoms with Gasteiger partial charge in [0.05, 0.1) is 13.7 Å². The number of hydrogen-bond donors (Lipinski definition) is 2. The van der Waals surface area contributed by atoms with E-state index < -0.39 is 0 Å². The molecule has 1 aliphatic carbocycles. The van der Waals surface area contributed by atoms with Crippen LogP contribution in [0.2, 0.25) is 5.02 Å². The lowest BCUT2D eigenvalue weighted by molar-refractivity contribution is 0.0522. The first-order chi connectivity index (χ1) is 13.2. The summed E-state index contributed by atoms with van der Waals surface area (Å²) in [5.41, 5.74) is 1.02. The van der Waals surface area contributed by atoms with E-state index in [1.165, 1.54) is 25.7 Å². The highest BCUT2D eigenvalue weighted by Gasteiger charge is 2.37. The quantitative estimate of drug-likeness (QED) is 0.568. The maximum Gasteiger partial charge on any atom is 0.191 e. The van der Waals surface area contributed by atoms with Crippen LogP contribution in [0.4, 0.5) is 0 Å². The maximum absolute atomic E-state index is 6.33. The van der Waals surface area contributed by atoms with Gasteiger partial charge in [0.1, 0.15) is 5.75 Å². The van der Waals surface area contributed by atoms with Gasteiger partial charge in [0, 0.05) is 41.8 Å². The van der Waals surface area contributed by atoms with Gasteiger partial charge < -0.3 is 20.1 Å². The molecular formula is C21H32ClN3O2. The van der Waals surface area contributed by atoms with Gasteiger partial charge in [-0.15, -0.1) is 0 Å². The molecule has 0 aromatic heterocycles. The molecule has 2 fully saturated rings. The number of hydrogen-bond acceptors (Lipinski definition) is 3. The van der Waals surface area contributed by atoms with Gasteiger partial charge in [-0.3, -0.25) is 4.99 Å². The molecule has 0 radical (unpaired) electrons. The first-order valence-corrected chi connectivity index (χ1v) is 10.5. The highest BCUT2D eigenvalue weighted by molar-refractivity contribution is 6.30. The first kappa shape index (κ1) is 20.3. The van der Waals surface area contributed by atoms with E-state index in [2.05, 4.69) is 17.6 Å². The fourth-order valence-corrected chi connectivity index (χ4v) is 4.36. The van der Waals surface area contributed by atoms with Crippen LogP contribution in [-0.4, -0.2) is 45.4 Å². The number of methoxy groups -OCH3 is 1. The van der Waals surface area contributed by atoms with Crippen molar-refractivity contribution in [2.75, 3.05) is 33.4 Å². The smallest absolute Gasteiger partial charge is 0.191 e. The van der Waals surface area contributed by atoms with Crippen molar-refractivity contribution in [1.82, 2.24) is 10.6 Å². The molecule has 0 atom stereocenters. The van der Waals surface area contributed by atoms with Crippen LogP contribution in [0.5, 0.6) is 5.75 Å². The Kier molecular flexibility index (Phi) is 7.25. The molecule has 27 heavy (non-hydrogen) atoms. The Hall–Kier alpha value is -1.46. The summed E-state index contributed by atoms with van der Waals surface area (Å²) < 4.78 is 11.3. The van der Waals surface area contributed by atoms with Gasteiger partial charge in [-0.2, -0.15) is 0 Å². The summed E-state index contributed by atoms with van der Waals surface area (Å²) in [5, 5.41) is 7.76. The molecule has 150 valence electrons. The van der Waals surface area contributed by atoms with Crippen LogP contribution in [0.25, 0.3) is 0 Å². The summed E-state index contributed by atoms with van der Waals surface area (Å²) in [4.78, 5) is 4.99. The van der Waals surface area contributed by atoms with Crippen LogP contribution in [0.3, 0.4) is 0 Å². The van der Waals surface area contributed by atoms with Crippen molar-refractivity contribution in [2.45, 2.75) is 56.9 Å². The molecule has 6 heteroatoms. The van der Waals surface area contributed by atoms with Gasteiger partial charge >= 0.3 is 0 Å². The van der Waals surface area contributed by atoms with Crippen molar-refractivity contribution in [3.05, 3.63) is 28.8 Å². The number of benzene rings is 1. The third-order valence-electron chi connectivity index (χ3n) is 5.76. The Morgan fingerprint density at radius 2 is 2.04 bits per heavy atom. The lowest BCUT2D eigenvalue weighted by atomic mass is 9.73. The molecule has 1 saturated carbocycles. The van der Waals surface area contributed by atoms with Gasteiger partial charge in [-0.05, 0) is 50.8 Å². The monoisotopic (exact) mass is 393 g/mol. The van der Waals surface area contributed by atoms with E-state index in [0.29, 0.717) is 12.6 Å². The summed E-state index contributed by atoms with van der Waals surface area (Å²) in [7, 11) is 1.72. The van der Waals surface area contributed by atoms with Crippen molar-refractivity contribution in [3.63, 3.8) is 0 Å². The molecule has 1 aromatic carbocycles. The van der Waals surface area contributed by atoms with Crippen LogP contribution in [0.1, 0.15) is 51.0 Å². The second-order valence-electron chi connectivity index (χ2n) is 7.56. The van der Waals surface area contributed by atoms with E-state index in [4.69, 9.17) is 26.1 Å². The average molecular weight is 394 g/mol. The van der Waals surface area contributed by atoms with Crippen LogP contribution >= 0.6 is 11.6 Å². The van der Waals surface area contributed by atoms with E-state index >= 15 is 0 Å². The molecule has 0 unspecified atom stereocenters. The number of halogens is 1. The number of guanidine groups is 1. The lowest BCUT2D eigenvalue weighted by Gasteiger charge is -2.37. The molecule has 1 saturated heterocycles. The van der Waals surface area contributed by atoms with Crippen molar-refractivity contribution in [2.24, 2.45) is 4.99 Å². The molecule has 1 heterocycles. The van der Waals surface area contributed by atoms with Crippen molar-refractivity contribution in [1.29, 1.82) is 0 Å². The number of rotatable bonds is 6. The van der Waals surface area contributed by atoms with Gasteiger partial charge in [-0.1, -0.05) is 24.4 Å². The predicted octanol–water partition coefficient (Wildman–Crippen LogP) is 3.89. The molecule has 1 aromatic rings. The standard InChI is InChI=1S/C21H32ClN3O2/c1-3-23-20(25-17-6-4-5-7-17)24-15-21(10-12-27-13-11-21)18-14-16(22)8-9-19(18)26-2/h8-9,14,17H,3-7,10-13,15H2,1-2H3,(H2,23,24,25). The molecule has 0 spiro atoms. The Morgan fingerprint density at radius 1 is 1.30 bits per heavy atom. The zero-order valence-corrected chi connectivity index (χ0v) is 17.3. The van der Waals surface area contributed by atoms with Crippen molar-refractivity contribution >= 4 is 17.6 Å². The largest absolute Gasteiger partial charge is 0.496 e. The maximum atomic E-state index is 6.33. The van der Waals surface area contributed by atoms with Gasteiger partial charge in [0.2, 0.25) is 0 Å². The first-order valence-electron chi connectivity index (χ1n) is 10.1. The number of aliphatic imine (C=N–C) groups is 1. The minimum absolute atomic E-state index is 0.119. The fraction of sp³-hybridized carbons (Fsp3) is 0.667. The number of nitrogens with one attached hydrogen (secondary N) is 2. The molecule has 5 nitrogen and oxygen atoms in total. The zero-order valence-electron chi connectivity index (χ0n) is 16.5. The Labute approximate surface area is 167 Å². The summed E-state index contributed by atoms with van der Waals surface area (Å²) in [6, 6.07) is 6.42.